The van der Waals surface area contributed by atoms with Crippen molar-refractivity contribution >= 4 is 31.8 Å². The van der Waals surface area contributed by atoms with Crippen molar-refractivity contribution in [2.75, 3.05) is 6.61 Å². The van der Waals surface area contributed by atoms with Crippen LogP contribution < -0.4 is 4.74 Å². The van der Waals surface area contributed by atoms with Gasteiger partial charge in [0.15, 0.2) is 9.84 Å². The van der Waals surface area contributed by atoms with E-state index in [1.807, 2.05) is 37.4 Å². The number of nitrogens with zero attached hydrogens (tertiary/aromatic N) is 1. The zero-order valence-corrected chi connectivity index (χ0v) is 17.6. The molecule has 1 aliphatic rings. The van der Waals surface area contributed by atoms with Crippen LogP contribution in [0.5, 0.6) is 5.75 Å². The van der Waals surface area contributed by atoms with E-state index in [4.69, 9.17) is 4.74 Å². The fourth-order valence-electron chi connectivity index (χ4n) is 3.92. The summed E-state index contributed by atoms with van der Waals surface area (Å²) in [6.07, 6.45) is 4.00. The normalized spacial score (nSPS) is 14.5. The van der Waals surface area contributed by atoms with E-state index in [-0.39, 0.29) is 5.25 Å². The number of H-pyrrole nitrogens is 1. The van der Waals surface area contributed by atoms with Crippen LogP contribution in [0.15, 0.2) is 53.6 Å². The molecule has 0 amide bonds. The van der Waals surface area contributed by atoms with E-state index in [0.29, 0.717) is 17.9 Å². The van der Waals surface area contributed by atoms with Crippen LogP contribution in [-0.2, 0) is 9.84 Å². The summed E-state index contributed by atoms with van der Waals surface area (Å²) in [5, 5.41) is 1.75. The van der Waals surface area contributed by atoms with Crippen molar-refractivity contribution in [1.82, 2.24) is 9.97 Å². The van der Waals surface area contributed by atoms with Gasteiger partial charge < -0.3 is 9.72 Å². The van der Waals surface area contributed by atoms with Gasteiger partial charge in [-0.25, -0.2) is 13.4 Å². The van der Waals surface area contributed by atoms with Crippen LogP contribution in [0.1, 0.15) is 24.8 Å². The smallest absolute Gasteiger partial charge is 0.181 e. The molecule has 2 aromatic heterocycles. The van der Waals surface area contributed by atoms with Gasteiger partial charge in [0, 0.05) is 17.0 Å². The molecule has 4 aromatic rings. The number of benzene rings is 2. The summed E-state index contributed by atoms with van der Waals surface area (Å²) in [6, 6.07) is 13.3. The number of aryl methyl sites for hydroxylation is 1. The topological polar surface area (TPSA) is 72.1 Å². The highest BCUT2D eigenvalue weighted by Gasteiger charge is 2.37. The van der Waals surface area contributed by atoms with Gasteiger partial charge in [0.1, 0.15) is 11.4 Å². The van der Waals surface area contributed by atoms with Crippen LogP contribution in [0.4, 0.5) is 0 Å². The minimum absolute atomic E-state index is 0.230. The average Bonchev–Trinajstić information content (AvgIpc) is 3.54. The number of pyridine rings is 1. The minimum atomic E-state index is -3.26. The SMILES string of the molecule is [CH2]CCOc1ccc(-c2cccc(S(=O)(=O)C3CC3)c2)c2c1[nH]c1ncc(C)cc12. The Morgan fingerprint density at radius 2 is 2.03 bits per heavy atom. The predicted molar refractivity (Wildman–Crippen MR) is 119 cm³/mol. The van der Waals surface area contributed by atoms with Gasteiger partial charge in [0.05, 0.1) is 22.3 Å². The summed E-state index contributed by atoms with van der Waals surface area (Å²) in [5.41, 5.74) is 4.53. The van der Waals surface area contributed by atoms with Crippen molar-refractivity contribution in [1.29, 1.82) is 0 Å². The van der Waals surface area contributed by atoms with Crippen molar-refractivity contribution in [2.24, 2.45) is 0 Å². The van der Waals surface area contributed by atoms with E-state index in [1.165, 1.54) is 0 Å². The number of aromatic amines is 1. The highest BCUT2D eigenvalue weighted by molar-refractivity contribution is 7.92. The lowest BCUT2D eigenvalue weighted by Crippen LogP contribution is -2.06. The van der Waals surface area contributed by atoms with E-state index in [2.05, 4.69) is 23.0 Å². The Balaban J connectivity index is 1.75. The minimum Gasteiger partial charge on any atom is -0.491 e. The van der Waals surface area contributed by atoms with E-state index in [9.17, 15) is 8.42 Å². The van der Waals surface area contributed by atoms with Gasteiger partial charge in [-0.1, -0.05) is 12.1 Å². The molecule has 2 heterocycles. The zero-order valence-electron chi connectivity index (χ0n) is 16.8. The van der Waals surface area contributed by atoms with Crippen molar-refractivity contribution in [2.45, 2.75) is 36.3 Å². The molecule has 6 heteroatoms. The summed E-state index contributed by atoms with van der Waals surface area (Å²) >= 11 is 0. The first kappa shape index (κ1) is 19.1. The van der Waals surface area contributed by atoms with Crippen molar-refractivity contribution in [3.05, 3.63) is 61.1 Å². The average molecular weight is 420 g/mol. The summed E-state index contributed by atoms with van der Waals surface area (Å²) in [6.45, 7) is 6.38. The number of sulfone groups is 1. The van der Waals surface area contributed by atoms with Crippen LogP contribution in [-0.4, -0.2) is 30.2 Å². The Morgan fingerprint density at radius 3 is 2.80 bits per heavy atom. The second-order valence-electron chi connectivity index (χ2n) is 7.87. The number of hydrogen-bond donors (Lipinski definition) is 1. The molecule has 1 fully saturated rings. The number of hydrogen-bond acceptors (Lipinski definition) is 4. The summed E-state index contributed by atoms with van der Waals surface area (Å²) in [5.74, 6) is 0.745. The van der Waals surface area contributed by atoms with Gasteiger partial charge in [0.25, 0.3) is 0 Å². The summed E-state index contributed by atoms with van der Waals surface area (Å²) in [4.78, 5) is 8.33. The number of nitrogens with one attached hydrogen (secondary N) is 1. The van der Waals surface area contributed by atoms with Crippen molar-refractivity contribution in [3.8, 4) is 16.9 Å². The molecule has 5 nitrogen and oxygen atoms in total. The first-order valence-electron chi connectivity index (χ1n) is 10.2. The monoisotopic (exact) mass is 419 g/mol. The van der Waals surface area contributed by atoms with E-state index < -0.39 is 9.84 Å². The van der Waals surface area contributed by atoms with Crippen LogP contribution >= 0.6 is 0 Å². The van der Waals surface area contributed by atoms with Gasteiger partial charge >= 0.3 is 0 Å². The maximum atomic E-state index is 12.8. The molecule has 30 heavy (non-hydrogen) atoms. The van der Waals surface area contributed by atoms with E-state index in [1.54, 1.807) is 12.1 Å². The van der Waals surface area contributed by atoms with E-state index >= 15 is 0 Å². The van der Waals surface area contributed by atoms with Gasteiger partial charge in [-0.3, -0.25) is 0 Å². The lowest BCUT2D eigenvalue weighted by Gasteiger charge is -2.11. The number of fused-ring (bicyclic) bond motifs is 3. The molecule has 0 spiro atoms. The van der Waals surface area contributed by atoms with Crippen LogP contribution in [0.3, 0.4) is 0 Å². The molecule has 0 aliphatic heterocycles. The first-order chi connectivity index (χ1) is 14.5. The molecule has 1 aliphatic carbocycles. The number of rotatable bonds is 6. The Labute approximate surface area is 176 Å². The Kier molecular flexibility index (Phi) is 4.54. The van der Waals surface area contributed by atoms with Crippen molar-refractivity contribution in [3.63, 3.8) is 0 Å². The summed E-state index contributed by atoms with van der Waals surface area (Å²) < 4.78 is 31.5. The fraction of sp³-hybridized carbons (Fsp3) is 0.250. The highest BCUT2D eigenvalue weighted by Crippen LogP contribution is 2.40. The second kappa shape index (κ2) is 7.13. The maximum absolute atomic E-state index is 12.8. The molecular weight excluding hydrogens is 396 g/mol. The second-order valence-corrected chi connectivity index (χ2v) is 10.1. The van der Waals surface area contributed by atoms with Gasteiger partial charge in [-0.15, -0.1) is 0 Å². The molecule has 153 valence electrons. The molecule has 0 saturated heterocycles. The van der Waals surface area contributed by atoms with Gasteiger partial charge in [-0.2, -0.15) is 0 Å². The molecule has 0 unspecified atom stereocenters. The van der Waals surface area contributed by atoms with Gasteiger partial charge in [-0.05, 0) is 80.1 Å². The Morgan fingerprint density at radius 1 is 1.20 bits per heavy atom. The largest absolute Gasteiger partial charge is 0.491 e. The standard InChI is InChI=1S/C24H23N2O3S/c1-3-11-29-21-10-9-19(22-20-12-15(2)14-25-24(20)26-23(21)22)16-5-4-6-18(13-16)30(27,28)17-7-8-17/h4-6,9-10,12-14,17H,1,3,7-8,11H2,2H3,(H,25,26). The molecule has 1 saturated carbocycles. The first-order valence-corrected chi connectivity index (χ1v) is 11.7. The lowest BCUT2D eigenvalue weighted by molar-refractivity contribution is 0.327. The van der Waals surface area contributed by atoms with Crippen LogP contribution in [0.2, 0.25) is 0 Å². The predicted octanol–water partition coefficient (Wildman–Crippen LogP) is 5.23. The Hall–Kier alpha value is -2.86. The lowest BCUT2D eigenvalue weighted by atomic mass is 9.99. The molecule has 5 rings (SSSR count). The maximum Gasteiger partial charge on any atom is 0.181 e. The molecule has 0 atom stereocenters. The Bertz CT molecular complexity index is 1370. The highest BCUT2D eigenvalue weighted by atomic mass is 32.2. The molecule has 2 aromatic carbocycles. The van der Waals surface area contributed by atoms with Crippen molar-refractivity contribution < 1.29 is 13.2 Å². The van der Waals surface area contributed by atoms with Gasteiger partial charge in [0.2, 0.25) is 0 Å². The van der Waals surface area contributed by atoms with Crippen LogP contribution in [0.25, 0.3) is 33.1 Å². The third-order valence-electron chi connectivity index (χ3n) is 5.54. The molecule has 1 N–H and O–H groups in total. The molecular formula is C24H23N2O3S. The molecule has 0 bridgehead atoms. The third kappa shape index (κ3) is 3.16. The fourth-order valence-corrected chi connectivity index (χ4v) is 5.62. The summed E-state index contributed by atoms with van der Waals surface area (Å²) in [7, 11) is -3.26. The number of ether oxygens (including phenoxy) is 1. The van der Waals surface area contributed by atoms with Crippen LogP contribution in [0, 0.1) is 13.8 Å². The number of aromatic nitrogens is 2. The third-order valence-corrected chi connectivity index (χ3v) is 7.80. The van der Waals surface area contributed by atoms with E-state index in [0.717, 1.165) is 57.2 Å². The molecule has 1 radical (unpaired) electrons. The zero-order chi connectivity index (χ0) is 20.9. The quantitative estimate of drug-likeness (QED) is 0.464.